The Hall–Kier alpha value is -3.08. The van der Waals surface area contributed by atoms with Gasteiger partial charge in [0.2, 0.25) is 0 Å². The van der Waals surface area contributed by atoms with Crippen molar-refractivity contribution in [2.75, 3.05) is 11.5 Å². The number of Topliss-reactive ketones (excluding diaryl/α,β-unsaturated/α-hetero) is 1. The maximum atomic E-state index is 13.3. The molecule has 0 atom stereocenters. The van der Waals surface area contributed by atoms with Crippen LogP contribution in [0.1, 0.15) is 43.6 Å². The highest BCUT2D eigenvalue weighted by molar-refractivity contribution is 7.92. The number of ether oxygens (including phenoxy) is 1. The zero-order valence-corrected chi connectivity index (χ0v) is 19.5. The SMILES string of the molecule is CC(C)n1c(=O)n(-c2cccc(OC(F)(F)F)c2)c2ccc(C(=O)CC3(C)CS(=O)(=O)C3)cc21. The molecule has 0 spiro atoms. The van der Waals surface area contributed by atoms with Gasteiger partial charge in [-0.1, -0.05) is 13.0 Å². The highest BCUT2D eigenvalue weighted by Gasteiger charge is 2.45. The Morgan fingerprint density at radius 3 is 2.38 bits per heavy atom. The van der Waals surface area contributed by atoms with Crippen molar-refractivity contribution in [3.63, 3.8) is 0 Å². The van der Waals surface area contributed by atoms with E-state index in [0.717, 1.165) is 12.1 Å². The Labute approximate surface area is 193 Å². The lowest BCUT2D eigenvalue weighted by atomic mass is 9.86. The van der Waals surface area contributed by atoms with Gasteiger partial charge in [-0.3, -0.25) is 13.9 Å². The van der Waals surface area contributed by atoms with E-state index >= 15 is 0 Å². The van der Waals surface area contributed by atoms with Gasteiger partial charge in [0.05, 0.1) is 28.2 Å². The molecule has 0 aliphatic carbocycles. The fourth-order valence-electron chi connectivity index (χ4n) is 4.57. The average Bonchev–Trinajstić information content (AvgIpc) is 2.95. The Morgan fingerprint density at radius 1 is 1.12 bits per heavy atom. The van der Waals surface area contributed by atoms with Crippen molar-refractivity contribution in [1.29, 1.82) is 0 Å². The van der Waals surface area contributed by atoms with Gasteiger partial charge in [-0.25, -0.2) is 13.2 Å². The van der Waals surface area contributed by atoms with Gasteiger partial charge in [-0.15, -0.1) is 13.2 Å². The first-order valence-electron chi connectivity index (χ1n) is 10.5. The van der Waals surface area contributed by atoms with Crippen LogP contribution in [0.3, 0.4) is 0 Å². The van der Waals surface area contributed by atoms with Crippen LogP contribution in [0.2, 0.25) is 0 Å². The zero-order chi connectivity index (χ0) is 25.1. The molecule has 1 aromatic heterocycles. The molecule has 0 unspecified atom stereocenters. The number of aromatic nitrogens is 2. The van der Waals surface area contributed by atoms with E-state index in [1.165, 1.54) is 27.3 Å². The molecular formula is C23H23F3N2O5S. The standard InChI is InChI=1S/C23H23F3N2O5S/c1-14(2)27-19-9-15(20(29)11-22(3)12-34(31,32)13-22)7-8-18(19)28(21(27)30)16-5-4-6-17(10-16)33-23(24,25)26/h4-10,14H,11-13H2,1-3H3. The predicted molar refractivity (Wildman–Crippen MR) is 120 cm³/mol. The number of fused-ring (bicyclic) bond motifs is 1. The lowest BCUT2D eigenvalue weighted by molar-refractivity contribution is -0.274. The third-order valence-corrected chi connectivity index (χ3v) is 8.02. The fraction of sp³-hybridized carbons (Fsp3) is 0.391. The van der Waals surface area contributed by atoms with E-state index < -0.39 is 33.1 Å². The number of carbonyl (C=O) groups excluding carboxylic acids is 1. The summed E-state index contributed by atoms with van der Waals surface area (Å²) in [7, 11) is -3.10. The molecule has 182 valence electrons. The van der Waals surface area contributed by atoms with Gasteiger partial charge in [-0.05, 0) is 44.2 Å². The van der Waals surface area contributed by atoms with E-state index in [0.29, 0.717) is 16.6 Å². The molecule has 0 saturated carbocycles. The zero-order valence-electron chi connectivity index (χ0n) is 18.7. The molecule has 1 aliphatic rings. The van der Waals surface area contributed by atoms with Crippen molar-refractivity contribution in [3.05, 3.63) is 58.5 Å². The number of halogens is 3. The molecule has 2 aromatic carbocycles. The molecule has 0 amide bonds. The third-order valence-electron chi connectivity index (χ3n) is 5.75. The predicted octanol–water partition coefficient (Wildman–Crippen LogP) is 4.28. The van der Waals surface area contributed by atoms with Crippen molar-refractivity contribution in [3.8, 4) is 11.4 Å². The quantitative estimate of drug-likeness (QED) is 0.476. The van der Waals surface area contributed by atoms with E-state index in [2.05, 4.69) is 4.74 Å². The molecule has 4 rings (SSSR count). The van der Waals surface area contributed by atoms with Crippen LogP contribution in [0, 0.1) is 5.41 Å². The van der Waals surface area contributed by atoms with E-state index in [1.807, 2.05) is 0 Å². The molecule has 0 radical (unpaired) electrons. The number of imidazole rings is 1. The van der Waals surface area contributed by atoms with E-state index in [1.54, 1.807) is 32.9 Å². The molecule has 1 saturated heterocycles. The van der Waals surface area contributed by atoms with Crippen LogP contribution in [0.25, 0.3) is 16.7 Å². The Morgan fingerprint density at radius 2 is 1.79 bits per heavy atom. The molecule has 7 nitrogen and oxygen atoms in total. The lowest BCUT2D eigenvalue weighted by Crippen LogP contribution is -2.47. The Kier molecular flexibility index (Phi) is 5.66. The number of sulfone groups is 1. The number of carbonyl (C=O) groups is 1. The number of alkyl halides is 3. The molecule has 1 fully saturated rings. The van der Waals surface area contributed by atoms with Gasteiger partial charge in [0.1, 0.15) is 5.75 Å². The maximum absolute atomic E-state index is 13.3. The smallest absolute Gasteiger partial charge is 0.406 e. The van der Waals surface area contributed by atoms with Crippen LogP contribution in [0.4, 0.5) is 13.2 Å². The number of rotatable bonds is 6. The van der Waals surface area contributed by atoms with Crippen molar-refractivity contribution in [1.82, 2.24) is 9.13 Å². The average molecular weight is 497 g/mol. The van der Waals surface area contributed by atoms with Crippen molar-refractivity contribution < 1.29 is 31.1 Å². The summed E-state index contributed by atoms with van der Waals surface area (Å²) in [5.41, 5.74) is 0.279. The topological polar surface area (TPSA) is 87.4 Å². The lowest BCUT2D eigenvalue weighted by Gasteiger charge is -2.37. The summed E-state index contributed by atoms with van der Waals surface area (Å²) in [6.07, 6.45) is -4.82. The van der Waals surface area contributed by atoms with Gasteiger partial charge in [0.15, 0.2) is 15.6 Å². The summed E-state index contributed by atoms with van der Waals surface area (Å²) in [5, 5.41) is 0. The minimum atomic E-state index is -4.87. The summed E-state index contributed by atoms with van der Waals surface area (Å²) >= 11 is 0. The Bertz CT molecular complexity index is 1440. The fourth-order valence-corrected chi connectivity index (χ4v) is 6.82. The molecule has 34 heavy (non-hydrogen) atoms. The number of ketones is 1. The van der Waals surface area contributed by atoms with Gasteiger partial charge < -0.3 is 4.74 Å². The second-order valence-electron chi connectivity index (χ2n) is 9.27. The molecular weight excluding hydrogens is 473 g/mol. The largest absolute Gasteiger partial charge is 0.573 e. The van der Waals surface area contributed by atoms with Crippen molar-refractivity contribution in [2.24, 2.45) is 5.41 Å². The summed E-state index contributed by atoms with van der Waals surface area (Å²) in [6, 6.07) is 9.49. The van der Waals surface area contributed by atoms with Crippen LogP contribution in [0.15, 0.2) is 47.3 Å². The minimum absolute atomic E-state index is 0.0442. The van der Waals surface area contributed by atoms with Crippen LogP contribution in [0.5, 0.6) is 5.75 Å². The molecule has 1 aliphatic heterocycles. The maximum Gasteiger partial charge on any atom is 0.573 e. The minimum Gasteiger partial charge on any atom is -0.406 e. The second-order valence-corrected chi connectivity index (χ2v) is 11.3. The molecule has 0 bridgehead atoms. The summed E-state index contributed by atoms with van der Waals surface area (Å²) in [6.45, 7) is 5.31. The third kappa shape index (κ3) is 4.61. The van der Waals surface area contributed by atoms with Gasteiger partial charge in [0, 0.05) is 29.5 Å². The number of benzene rings is 2. The highest BCUT2D eigenvalue weighted by Crippen LogP contribution is 2.37. The molecule has 0 N–H and O–H groups in total. The number of nitrogens with zero attached hydrogens (tertiary/aromatic N) is 2. The first-order valence-corrected chi connectivity index (χ1v) is 12.4. The first kappa shape index (κ1) is 24.1. The van der Waals surface area contributed by atoms with E-state index in [4.69, 9.17) is 0 Å². The first-order chi connectivity index (χ1) is 15.7. The van der Waals surface area contributed by atoms with Gasteiger partial charge >= 0.3 is 12.1 Å². The van der Waals surface area contributed by atoms with Gasteiger partial charge in [0.25, 0.3) is 0 Å². The highest BCUT2D eigenvalue weighted by atomic mass is 32.2. The second kappa shape index (κ2) is 8.00. The van der Waals surface area contributed by atoms with Crippen molar-refractivity contribution in [2.45, 2.75) is 39.6 Å². The van der Waals surface area contributed by atoms with Crippen molar-refractivity contribution >= 4 is 26.7 Å². The van der Waals surface area contributed by atoms with E-state index in [9.17, 15) is 31.2 Å². The Balaban J connectivity index is 1.78. The van der Waals surface area contributed by atoms with E-state index in [-0.39, 0.29) is 35.4 Å². The van der Waals surface area contributed by atoms with Gasteiger partial charge in [-0.2, -0.15) is 0 Å². The molecule has 11 heteroatoms. The van der Waals surface area contributed by atoms with Crippen LogP contribution < -0.4 is 10.4 Å². The number of hydrogen-bond donors (Lipinski definition) is 0. The van der Waals surface area contributed by atoms with Crippen LogP contribution in [-0.2, 0) is 9.84 Å². The molecule has 2 heterocycles. The monoisotopic (exact) mass is 496 g/mol. The summed E-state index contributed by atoms with van der Waals surface area (Å²) in [5.74, 6) is -0.789. The normalized spacial score (nSPS) is 17.0. The summed E-state index contributed by atoms with van der Waals surface area (Å²) in [4.78, 5) is 26.2. The molecule has 3 aromatic rings. The number of hydrogen-bond acceptors (Lipinski definition) is 5. The van der Waals surface area contributed by atoms with Crippen LogP contribution >= 0.6 is 0 Å². The summed E-state index contributed by atoms with van der Waals surface area (Å²) < 4.78 is 67.9. The van der Waals surface area contributed by atoms with Crippen LogP contribution in [-0.4, -0.2) is 41.2 Å².